The van der Waals surface area contributed by atoms with Gasteiger partial charge in [0, 0.05) is 22.0 Å². The SMILES string of the molecule is Cc1ccc2oc(-c3ccncc3SC(C)(C)C)nc2c1. The number of aryl methyl sites for hydroxylation is 1. The molecule has 0 unspecified atom stereocenters. The Kier molecular flexibility index (Phi) is 3.49. The lowest BCUT2D eigenvalue weighted by molar-refractivity contribution is 0.617. The fourth-order valence-electron chi connectivity index (χ4n) is 2.12. The molecule has 2 aromatic heterocycles. The van der Waals surface area contributed by atoms with E-state index in [1.165, 1.54) is 5.56 Å². The lowest BCUT2D eigenvalue weighted by atomic mass is 10.2. The second kappa shape index (κ2) is 5.19. The van der Waals surface area contributed by atoms with Crippen molar-refractivity contribution in [1.29, 1.82) is 0 Å². The molecule has 108 valence electrons. The minimum atomic E-state index is 0.111. The van der Waals surface area contributed by atoms with Gasteiger partial charge in [-0.15, -0.1) is 11.8 Å². The Bertz CT molecular complexity index is 787. The fraction of sp³-hybridized carbons (Fsp3) is 0.294. The Balaban J connectivity index is 2.10. The van der Waals surface area contributed by atoms with E-state index in [4.69, 9.17) is 4.42 Å². The van der Waals surface area contributed by atoms with Crippen molar-refractivity contribution in [3.8, 4) is 11.5 Å². The van der Waals surface area contributed by atoms with Gasteiger partial charge < -0.3 is 4.42 Å². The van der Waals surface area contributed by atoms with Crippen LogP contribution in [-0.4, -0.2) is 14.7 Å². The highest BCUT2D eigenvalue weighted by Gasteiger charge is 2.18. The predicted octanol–water partition coefficient (Wildman–Crippen LogP) is 5.09. The van der Waals surface area contributed by atoms with Gasteiger partial charge in [-0.3, -0.25) is 4.98 Å². The highest BCUT2D eigenvalue weighted by Crippen LogP contribution is 2.38. The molecule has 3 rings (SSSR count). The lowest BCUT2D eigenvalue weighted by Gasteiger charge is -2.18. The molecule has 4 heteroatoms. The third-order valence-electron chi connectivity index (χ3n) is 2.97. The Hall–Kier alpha value is -1.81. The van der Waals surface area contributed by atoms with Crippen molar-refractivity contribution in [2.24, 2.45) is 0 Å². The molecule has 0 saturated heterocycles. The second-order valence-electron chi connectivity index (χ2n) is 6.08. The average molecular weight is 298 g/mol. The summed E-state index contributed by atoms with van der Waals surface area (Å²) in [4.78, 5) is 9.95. The van der Waals surface area contributed by atoms with Crippen molar-refractivity contribution < 1.29 is 4.42 Å². The van der Waals surface area contributed by atoms with Crippen LogP contribution in [-0.2, 0) is 0 Å². The first kappa shape index (κ1) is 14.1. The Morgan fingerprint density at radius 3 is 2.71 bits per heavy atom. The van der Waals surface area contributed by atoms with E-state index >= 15 is 0 Å². The summed E-state index contributed by atoms with van der Waals surface area (Å²) in [6.45, 7) is 8.61. The minimum Gasteiger partial charge on any atom is -0.436 e. The normalized spacial score (nSPS) is 12.0. The molecule has 0 bridgehead atoms. The average Bonchev–Trinajstić information content (AvgIpc) is 2.80. The van der Waals surface area contributed by atoms with Gasteiger partial charge in [0.2, 0.25) is 5.89 Å². The third kappa shape index (κ3) is 3.10. The maximum Gasteiger partial charge on any atom is 0.228 e. The van der Waals surface area contributed by atoms with E-state index in [0.717, 1.165) is 21.6 Å². The standard InChI is InChI=1S/C17H18N2OS/c1-11-5-6-14-13(9-11)19-16(20-14)12-7-8-18-10-15(12)21-17(2,3)4/h5-10H,1-4H3. The van der Waals surface area contributed by atoms with Gasteiger partial charge >= 0.3 is 0 Å². The van der Waals surface area contributed by atoms with Crippen molar-refractivity contribution >= 4 is 22.9 Å². The molecule has 1 aromatic carbocycles. The number of rotatable bonds is 2. The van der Waals surface area contributed by atoms with Crippen LogP contribution in [0.5, 0.6) is 0 Å². The molecule has 0 fully saturated rings. The number of thioether (sulfide) groups is 1. The van der Waals surface area contributed by atoms with Crippen LogP contribution in [0.1, 0.15) is 26.3 Å². The second-order valence-corrected chi connectivity index (χ2v) is 7.95. The molecule has 0 aliphatic heterocycles. The number of benzene rings is 1. The van der Waals surface area contributed by atoms with Gasteiger partial charge in [0.15, 0.2) is 5.58 Å². The van der Waals surface area contributed by atoms with E-state index in [1.807, 2.05) is 30.5 Å². The highest BCUT2D eigenvalue weighted by molar-refractivity contribution is 8.00. The smallest absolute Gasteiger partial charge is 0.228 e. The number of aromatic nitrogens is 2. The molecular formula is C17H18N2OS. The van der Waals surface area contributed by atoms with Gasteiger partial charge in [0.05, 0.1) is 5.56 Å². The maximum absolute atomic E-state index is 5.91. The van der Waals surface area contributed by atoms with Crippen LogP contribution in [0.25, 0.3) is 22.6 Å². The van der Waals surface area contributed by atoms with Crippen LogP contribution in [0.15, 0.2) is 46.0 Å². The number of hydrogen-bond acceptors (Lipinski definition) is 4. The molecule has 3 aromatic rings. The minimum absolute atomic E-state index is 0.111. The lowest BCUT2D eigenvalue weighted by Crippen LogP contribution is -2.07. The number of oxazole rings is 1. The summed E-state index contributed by atoms with van der Waals surface area (Å²) in [5, 5.41) is 0. The van der Waals surface area contributed by atoms with E-state index in [1.54, 1.807) is 18.0 Å². The summed E-state index contributed by atoms with van der Waals surface area (Å²) in [6.07, 6.45) is 3.66. The quantitative estimate of drug-likeness (QED) is 0.618. The number of nitrogens with zero attached hydrogens (tertiary/aromatic N) is 2. The zero-order valence-corrected chi connectivity index (χ0v) is 13.5. The van der Waals surface area contributed by atoms with Crippen LogP contribution < -0.4 is 0 Å². The number of fused-ring (bicyclic) bond motifs is 1. The molecule has 0 N–H and O–H groups in total. The Morgan fingerprint density at radius 1 is 1.14 bits per heavy atom. The third-order valence-corrected chi connectivity index (χ3v) is 4.13. The first-order valence-electron chi connectivity index (χ1n) is 6.93. The van der Waals surface area contributed by atoms with Crippen LogP contribution in [0, 0.1) is 6.92 Å². The molecule has 21 heavy (non-hydrogen) atoms. The van der Waals surface area contributed by atoms with Crippen molar-refractivity contribution in [3.05, 3.63) is 42.2 Å². The summed E-state index contributed by atoms with van der Waals surface area (Å²) in [5.74, 6) is 0.657. The molecule has 3 nitrogen and oxygen atoms in total. The predicted molar refractivity (Wildman–Crippen MR) is 87.6 cm³/mol. The van der Waals surface area contributed by atoms with Crippen LogP contribution in [0.2, 0.25) is 0 Å². The van der Waals surface area contributed by atoms with Crippen molar-refractivity contribution in [1.82, 2.24) is 9.97 Å². The van der Waals surface area contributed by atoms with E-state index in [0.29, 0.717) is 5.89 Å². The van der Waals surface area contributed by atoms with Crippen LogP contribution in [0.4, 0.5) is 0 Å². The molecule has 0 spiro atoms. The van der Waals surface area contributed by atoms with Gasteiger partial charge in [-0.05, 0) is 30.7 Å². The highest BCUT2D eigenvalue weighted by atomic mass is 32.2. The van der Waals surface area contributed by atoms with Crippen LogP contribution in [0.3, 0.4) is 0 Å². The maximum atomic E-state index is 5.91. The zero-order valence-electron chi connectivity index (χ0n) is 12.7. The Labute approximate surface area is 128 Å². The van der Waals surface area contributed by atoms with Gasteiger partial charge in [0.25, 0.3) is 0 Å². The van der Waals surface area contributed by atoms with Gasteiger partial charge in [-0.1, -0.05) is 26.8 Å². The summed E-state index contributed by atoms with van der Waals surface area (Å²) in [6, 6.07) is 8.01. The molecular weight excluding hydrogens is 280 g/mol. The zero-order chi connectivity index (χ0) is 15.0. The molecule has 0 amide bonds. The largest absolute Gasteiger partial charge is 0.436 e. The molecule has 0 atom stereocenters. The summed E-state index contributed by atoms with van der Waals surface area (Å²) < 4.78 is 6.02. The van der Waals surface area contributed by atoms with Crippen LogP contribution >= 0.6 is 11.8 Å². The van der Waals surface area contributed by atoms with E-state index in [9.17, 15) is 0 Å². The van der Waals surface area contributed by atoms with E-state index in [2.05, 4.69) is 37.7 Å². The molecule has 0 aliphatic carbocycles. The molecule has 0 saturated carbocycles. The van der Waals surface area contributed by atoms with Gasteiger partial charge in [-0.25, -0.2) is 4.98 Å². The monoisotopic (exact) mass is 298 g/mol. The summed E-state index contributed by atoms with van der Waals surface area (Å²) >= 11 is 1.77. The van der Waals surface area contributed by atoms with E-state index in [-0.39, 0.29) is 4.75 Å². The van der Waals surface area contributed by atoms with E-state index < -0.39 is 0 Å². The number of pyridine rings is 1. The first-order valence-corrected chi connectivity index (χ1v) is 7.75. The summed E-state index contributed by atoms with van der Waals surface area (Å²) in [5.41, 5.74) is 3.90. The summed E-state index contributed by atoms with van der Waals surface area (Å²) in [7, 11) is 0. The number of hydrogen-bond donors (Lipinski definition) is 0. The first-order chi connectivity index (χ1) is 9.92. The van der Waals surface area contributed by atoms with Gasteiger partial charge in [-0.2, -0.15) is 0 Å². The van der Waals surface area contributed by atoms with Crippen molar-refractivity contribution in [3.63, 3.8) is 0 Å². The Morgan fingerprint density at radius 2 is 1.95 bits per heavy atom. The molecule has 0 aliphatic rings. The topological polar surface area (TPSA) is 38.9 Å². The molecule has 2 heterocycles. The van der Waals surface area contributed by atoms with Crippen molar-refractivity contribution in [2.75, 3.05) is 0 Å². The van der Waals surface area contributed by atoms with Gasteiger partial charge in [0.1, 0.15) is 5.52 Å². The fourth-order valence-corrected chi connectivity index (χ4v) is 3.16. The molecule has 0 radical (unpaired) electrons. The van der Waals surface area contributed by atoms with Crippen molar-refractivity contribution in [2.45, 2.75) is 37.3 Å².